The van der Waals surface area contributed by atoms with Crippen LogP contribution in [0, 0.1) is 5.82 Å². The molecule has 1 N–H and O–H groups in total. The van der Waals surface area contributed by atoms with Crippen LogP contribution in [0.4, 0.5) is 4.39 Å². The molecular weight excluding hydrogens is 239 g/mol. The molecular formula is C16H11FN2. The normalized spacial score (nSPS) is 12.3. The summed E-state index contributed by atoms with van der Waals surface area (Å²) < 4.78 is 13.0. The molecule has 2 aromatic carbocycles. The van der Waals surface area contributed by atoms with Gasteiger partial charge >= 0.3 is 0 Å². The Morgan fingerprint density at radius 3 is 2.63 bits per heavy atom. The van der Waals surface area contributed by atoms with Crippen molar-refractivity contribution in [3.05, 3.63) is 65.6 Å². The molecule has 1 heterocycles. The molecule has 1 aromatic heterocycles. The Morgan fingerprint density at radius 2 is 1.79 bits per heavy atom. The second-order valence-corrected chi connectivity index (χ2v) is 4.77. The third-order valence-corrected chi connectivity index (χ3v) is 3.61. The first-order valence-electron chi connectivity index (χ1n) is 6.24. The van der Waals surface area contributed by atoms with E-state index in [1.54, 1.807) is 12.1 Å². The molecule has 3 aromatic rings. The number of aromatic amines is 1. The highest BCUT2D eigenvalue weighted by Gasteiger charge is 2.24. The fourth-order valence-electron chi connectivity index (χ4n) is 2.72. The Labute approximate surface area is 109 Å². The number of hydrogen-bond acceptors (Lipinski definition) is 1. The quantitative estimate of drug-likeness (QED) is 0.547. The van der Waals surface area contributed by atoms with E-state index in [-0.39, 0.29) is 5.82 Å². The highest BCUT2D eigenvalue weighted by Crippen LogP contribution is 2.41. The largest absolute Gasteiger partial charge is 0.281 e. The maximum atomic E-state index is 13.0. The Kier molecular flexibility index (Phi) is 2.09. The van der Waals surface area contributed by atoms with Crippen LogP contribution in [0.5, 0.6) is 0 Å². The minimum absolute atomic E-state index is 0.226. The Bertz CT molecular complexity index is 757. The first-order chi connectivity index (χ1) is 9.33. The van der Waals surface area contributed by atoms with E-state index < -0.39 is 0 Å². The molecule has 4 rings (SSSR count). The van der Waals surface area contributed by atoms with E-state index in [0.29, 0.717) is 0 Å². The number of hydrogen-bond donors (Lipinski definition) is 1. The van der Waals surface area contributed by atoms with E-state index in [1.807, 2.05) is 6.07 Å². The van der Waals surface area contributed by atoms with Crippen molar-refractivity contribution in [3.8, 4) is 22.4 Å². The molecule has 0 aliphatic heterocycles. The number of H-pyrrole nitrogens is 1. The number of nitrogens with one attached hydrogen (secondary N) is 1. The summed E-state index contributed by atoms with van der Waals surface area (Å²) in [5, 5.41) is 7.49. The standard InChI is InChI=1S/C16H11FN2/c17-12-7-5-10(6-8-12)16-15-13-4-2-1-3-11(13)9-14(15)18-19-16/h1-8H,9H2,(H,18,19). The molecule has 0 unspecified atom stereocenters. The van der Waals surface area contributed by atoms with Gasteiger partial charge in [-0.25, -0.2) is 4.39 Å². The van der Waals surface area contributed by atoms with Crippen molar-refractivity contribution in [2.75, 3.05) is 0 Å². The fourth-order valence-corrected chi connectivity index (χ4v) is 2.72. The lowest BCUT2D eigenvalue weighted by atomic mass is 10.0. The van der Waals surface area contributed by atoms with Crippen molar-refractivity contribution in [2.45, 2.75) is 6.42 Å². The number of halogens is 1. The number of aromatic nitrogens is 2. The zero-order valence-electron chi connectivity index (χ0n) is 10.2. The van der Waals surface area contributed by atoms with Crippen LogP contribution < -0.4 is 0 Å². The van der Waals surface area contributed by atoms with Crippen LogP contribution >= 0.6 is 0 Å². The summed E-state index contributed by atoms with van der Waals surface area (Å²) in [6, 6.07) is 14.8. The SMILES string of the molecule is Fc1ccc(-c2n[nH]c3c2-c2ccccc2C3)cc1. The summed E-state index contributed by atoms with van der Waals surface area (Å²) in [5.41, 5.74) is 6.68. The molecule has 92 valence electrons. The summed E-state index contributed by atoms with van der Waals surface area (Å²) in [4.78, 5) is 0. The molecule has 0 radical (unpaired) electrons. The maximum Gasteiger partial charge on any atom is 0.123 e. The molecule has 0 amide bonds. The lowest BCUT2D eigenvalue weighted by Crippen LogP contribution is -1.85. The predicted octanol–water partition coefficient (Wildman–Crippen LogP) is 3.79. The lowest BCUT2D eigenvalue weighted by Gasteiger charge is -2.02. The second-order valence-electron chi connectivity index (χ2n) is 4.77. The van der Waals surface area contributed by atoms with E-state index in [1.165, 1.54) is 23.3 Å². The topological polar surface area (TPSA) is 28.7 Å². The number of fused-ring (bicyclic) bond motifs is 3. The van der Waals surface area contributed by atoms with Crippen LogP contribution in [0.2, 0.25) is 0 Å². The van der Waals surface area contributed by atoms with Crippen molar-refractivity contribution < 1.29 is 4.39 Å². The molecule has 0 fully saturated rings. The third kappa shape index (κ3) is 1.51. The summed E-state index contributed by atoms with van der Waals surface area (Å²) in [6.45, 7) is 0. The van der Waals surface area contributed by atoms with Crippen LogP contribution in [-0.2, 0) is 6.42 Å². The molecule has 1 aliphatic rings. The molecule has 0 atom stereocenters. The first kappa shape index (κ1) is 10.5. The van der Waals surface area contributed by atoms with Gasteiger partial charge in [-0.2, -0.15) is 5.10 Å². The smallest absolute Gasteiger partial charge is 0.123 e. The van der Waals surface area contributed by atoms with Gasteiger partial charge in [0.1, 0.15) is 11.5 Å². The zero-order chi connectivity index (χ0) is 12.8. The van der Waals surface area contributed by atoms with Gasteiger partial charge in [0.2, 0.25) is 0 Å². The van der Waals surface area contributed by atoms with Gasteiger partial charge in [0.25, 0.3) is 0 Å². The van der Waals surface area contributed by atoms with E-state index >= 15 is 0 Å². The van der Waals surface area contributed by atoms with E-state index in [2.05, 4.69) is 28.4 Å². The van der Waals surface area contributed by atoms with Gasteiger partial charge in [0.15, 0.2) is 0 Å². The highest BCUT2D eigenvalue weighted by molar-refractivity contribution is 5.87. The van der Waals surface area contributed by atoms with Gasteiger partial charge < -0.3 is 0 Å². The predicted molar refractivity (Wildman–Crippen MR) is 72.2 cm³/mol. The van der Waals surface area contributed by atoms with Gasteiger partial charge in [-0.3, -0.25) is 5.10 Å². The molecule has 1 aliphatic carbocycles. The minimum atomic E-state index is -0.226. The van der Waals surface area contributed by atoms with Crippen molar-refractivity contribution >= 4 is 0 Å². The first-order valence-corrected chi connectivity index (χ1v) is 6.24. The fraction of sp³-hybridized carbons (Fsp3) is 0.0625. The average Bonchev–Trinajstić information content (AvgIpc) is 2.98. The average molecular weight is 250 g/mol. The third-order valence-electron chi connectivity index (χ3n) is 3.61. The number of benzene rings is 2. The number of nitrogens with zero attached hydrogens (tertiary/aromatic N) is 1. The van der Waals surface area contributed by atoms with Crippen LogP contribution in [0.15, 0.2) is 48.5 Å². The van der Waals surface area contributed by atoms with E-state index in [0.717, 1.165) is 28.9 Å². The van der Waals surface area contributed by atoms with E-state index in [9.17, 15) is 4.39 Å². The van der Waals surface area contributed by atoms with Gasteiger partial charge in [0.05, 0.1) is 0 Å². The van der Waals surface area contributed by atoms with Crippen molar-refractivity contribution in [2.24, 2.45) is 0 Å². The van der Waals surface area contributed by atoms with Gasteiger partial charge in [-0.1, -0.05) is 24.3 Å². The van der Waals surface area contributed by atoms with Crippen LogP contribution in [0.3, 0.4) is 0 Å². The van der Waals surface area contributed by atoms with Crippen molar-refractivity contribution in [1.82, 2.24) is 10.2 Å². The Hall–Kier alpha value is -2.42. The van der Waals surface area contributed by atoms with Crippen LogP contribution in [-0.4, -0.2) is 10.2 Å². The van der Waals surface area contributed by atoms with Crippen molar-refractivity contribution in [3.63, 3.8) is 0 Å². The monoisotopic (exact) mass is 250 g/mol. The summed E-state index contributed by atoms with van der Waals surface area (Å²) in [6.07, 6.45) is 0.889. The lowest BCUT2D eigenvalue weighted by molar-refractivity contribution is 0.628. The van der Waals surface area contributed by atoms with Crippen LogP contribution in [0.1, 0.15) is 11.3 Å². The van der Waals surface area contributed by atoms with Gasteiger partial charge in [-0.15, -0.1) is 0 Å². The number of rotatable bonds is 1. The van der Waals surface area contributed by atoms with Gasteiger partial charge in [-0.05, 0) is 35.4 Å². The summed E-state index contributed by atoms with van der Waals surface area (Å²) in [5.74, 6) is -0.226. The maximum absolute atomic E-state index is 13.0. The minimum Gasteiger partial charge on any atom is -0.281 e. The molecule has 0 bridgehead atoms. The molecule has 0 spiro atoms. The summed E-state index contributed by atoms with van der Waals surface area (Å²) in [7, 11) is 0. The highest BCUT2D eigenvalue weighted by atomic mass is 19.1. The second kappa shape index (κ2) is 3.79. The summed E-state index contributed by atoms with van der Waals surface area (Å²) >= 11 is 0. The Balaban J connectivity index is 1.93. The molecule has 3 heteroatoms. The molecule has 2 nitrogen and oxygen atoms in total. The Morgan fingerprint density at radius 1 is 1.00 bits per heavy atom. The molecule has 19 heavy (non-hydrogen) atoms. The molecule has 0 saturated carbocycles. The molecule has 0 saturated heterocycles. The zero-order valence-corrected chi connectivity index (χ0v) is 10.2. The van der Waals surface area contributed by atoms with Gasteiger partial charge in [0, 0.05) is 23.2 Å². The van der Waals surface area contributed by atoms with E-state index in [4.69, 9.17) is 0 Å². The van der Waals surface area contributed by atoms with Crippen molar-refractivity contribution in [1.29, 1.82) is 0 Å². The van der Waals surface area contributed by atoms with Crippen LogP contribution in [0.25, 0.3) is 22.4 Å².